The molecule has 1 saturated heterocycles. The number of benzene rings is 1. The Morgan fingerprint density at radius 1 is 1.17 bits per heavy atom. The van der Waals surface area contributed by atoms with Crippen LogP contribution in [0, 0.1) is 16.0 Å². The van der Waals surface area contributed by atoms with Gasteiger partial charge in [0.25, 0.3) is 0 Å². The van der Waals surface area contributed by atoms with Gasteiger partial charge in [-0.2, -0.15) is 4.98 Å². The molecule has 1 aromatic heterocycles. The van der Waals surface area contributed by atoms with Crippen molar-refractivity contribution in [2.75, 3.05) is 30.3 Å². The van der Waals surface area contributed by atoms with Gasteiger partial charge in [-0.3, -0.25) is 10.1 Å². The van der Waals surface area contributed by atoms with Crippen molar-refractivity contribution in [1.29, 1.82) is 0 Å². The lowest BCUT2D eigenvalue weighted by molar-refractivity contribution is -0.384. The first-order valence-electron chi connectivity index (χ1n) is 12.0. The molecule has 4 rings (SSSR count). The van der Waals surface area contributed by atoms with E-state index in [1.165, 1.54) is 38.1 Å². The van der Waals surface area contributed by atoms with Gasteiger partial charge < -0.3 is 20.3 Å². The third-order valence-electron chi connectivity index (χ3n) is 6.68. The fourth-order valence-corrected chi connectivity index (χ4v) is 5.07. The summed E-state index contributed by atoms with van der Waals surface area (Å²) in [5, 5.41) is 17.6. The molecule has 2 N–H and O–H groups in total. The van der Waals surface area contributed by atoms with Crippen LogP contribution in [0.25, 0.3) is 0 Å². The number of hydrogen-bond acceptors (Lipinski definition) is 8. The average molecular weight is 529 g/mol. The number of nitrogens with zero attached hydrogens (tertiary/aromatic N) is 4. The molecule has 2 aromatic rings. The molecule has 0 radical (unpaired) electrons. The maximum Gasteiger partial charge on any atom is 0.573 e. The SMILES string of the molecule is O=[N+]([O-])c1cnc(NCc2cc(Cl)ccc2OC(F)(F)F)nc1NCC1CCC(N2CCCC2)CC1. The Bertz CT molecular complexity index is 1060. The second-order valence-corrected chi connectivity index (χ2v) is 9.57. The highest BCUT2D eigenvalue weighted by Gasteiger charge is 2.32. The van der Waals surface area contributed by atoms with E-state index in [-0.39, 0.29) is 34.6 Å². The molecule has 0 unspecified atom stereocenters. The summed E-state index contributed by atoms with van der Waals surface area (Å²) in [6.07, 6.45) is 3.06. The highest BCUT2D eigenvalue weighted by Crippen LogP contribution is 2.32. The fourth-order valence-electron chi connectivity index (χ4n) is 4.87. The molecule has 2 fully saturated rings. The molecule has 13 heteroatoms. The lowest BCUT2D eigenvalue weighted by atomic mass is 9.85. The normalized spacial score (nSPS) is 20.8. The summed E-state index contributed by atoms with van der Waals surface area (Å²) in [6.45, 7) is 2.76. The van der Waals surface area contributed by atoms with E-state index in [4.69, 9.17) is 11.6 Å². The van der Waals surface area contributed by atoms with Crippen LogP contribution in [0.3, 0.4) is 0 Å². The Kier molecular flexibility index (Phi) is 8.35. The topological polar surface area (TPSA) is 105 Å². The van der Waals surface area contributed by atoms with Crippen molar-refractivity contribution in [3.63, 3.8) is 0 Å². The molecule has 2 aliphatic rings. The molecular weight excluding hydrogens is 501 g/mol. The maximum atomic E-state index is 12.7. The van der Waals surface area contributed by atoms with Gasteiger partial charge in [0, 0.05) is 29.7 Å². The Balaban J connectivity index is 1.38. The van der Waals surface area contributed by atoms with Crippen molar-refractivity contribution in [1.82, 2.24) is 14.9 Å². The van der Waals surface area contributed by atoms with Crippen LogP contribution in [-0.2, 0) is 6.54 Å². The van der Waals surface area contributed by atoms with E-state index in [2.05, 4.69) is 30.2 Å². The smallest absolute Gasteiger partial charge is 0.405 e. The summed E-state index contributed by atoms with van der Waals surface area (Å²) in [5.41, 5.74) is -0.138. The van der Waals surface area contributed by atoms with Crippen molar-refractivity contribution in [3.05, 3.63) is 45.1 Å². The Hall–Kier alpha value is -2.86. The van der Waals surface area contributed by atoms with E-state index in [0.717, 1.165) is 37.9 Å². The van der Waals surface area contributed by atoms with Crippen molar-refractivity contribution in [2.24, 2.45) is 5.92 Å². The Morgan fingerprint density at radius 2 is 1.89 bits per heavy atom. The van der Waals surface area contributed by atoms with E-state index in [1.54, 1.807) is 0 Å². The number of anilines is 2. The Morgan fingerprint density at radius 3 is 2.56 bits per heavy atom. The van der Waals surface area contributed by atoms with Gasteiger partial charge in [0.15, 0.2) is 0 Å². The standard InChI is InChI=1S/C23H28ClF3N6O3/c24-17-5-8-20(36-23(25,26)27)16(11-17)13-29-22-30-14-19(33(34)35)21(31-22)28-12-15-3-6-18(7-4-15)32-9-1-2-10-32/h5,8,11,14-15,18H,1-4,6-7,9-10,12-13H2,(H2,28,29,30,31). The van der Waals surface area contributed by atoms with Gasteiger partial charge in [-0.05, 0) is 75.7 Å². The molecular formula is C23H28ClF3N6O3. The summed E-state index contributed by atoms with van der Waals surface area (Å²) < 4.78 is 42.2. The number of likely N-dealkylation sites (tertiary alicyclic amines) is 1. The van der Waals surface area contributed by atoms with Gasteiger partial charge in [0.05, 0.1) is 4.92 Å². The largest absolute Gasteiger partial charge is 0.573 e. The first-order chi connectivity index (χ1) is 17.2. The van der Waals surface area contributed by atoms with Gasteiger partial charge >= 0.3 is 12.0 Å². The van der Waals surface area contributed by atoms with Crippen LogP contribution in [0.5, 0.6) is 5.75 Å². The minimum atomic E-state index is -4.86. The summed E-state index contributed by atoms with van der Waals surface area (Å²) >= 11 is 5.93. The van der Waals surface area contributed by atoms with Crippen molar-refractivity contribution in [2.45, 2.75) is 57.5 Å². The number of halogens is 4. The van der Waals surface area contributed by atoms with E-state index in [9.17, 15) is 23.3 Å². The van der Waals surface area contributed by atoms with E-state index in [0.29, 0.717) is 18.5 Å². The van der Waals surface area contributed by atoms with Gasteiger partial charge in [0.2, 0.25) is 11.8 Å². The molecule has 196 valence electrons. The lowest BCUT2D eigenvalue weighted by Gasteiger charge is -2.34. The molecule has 36 heavy (non-hydrogen) atoms. The summed E-state index contributed by atoms with van der Waals surface area (Å²) in [4.78, 5) is 21.7. The summed E-state index contributed by atoms with van der Waals surface area (Å²) in [7, 11) is 0. The van der Waals surface area contributed by atoms with Gasteiger partial charge in [-0.1, -0.05) is 11.6 Å². The first kappa shape index (κ1) is 26.2. The number of nitrogens with one attached hydrogen (secondary N) is 2. The number of aromatic nitrogens is 2. The van der Waals surface area contributed by atoms with E-state index < -0.39 is 17.0 Å². The monoisotopic (exact) mass is 528 g/mol. The third-order valence-corrected chi connectivity index (χ3v) is 6.92. The minimum absolute atomic E-state index is 0.0266. The molecule has 0 atom stereocenters. The van der Waals surface area contributed by atoms with Gasteiger partial charge in [0.1, 0.15) is 11.9 Å². The number of hydrogen-bond donors (Lipinski definition) is 2. The molecule has 9 nitrogen and oxygen atoms in total. The first-order valence-corrected chi connectivity index (χ1v) is 12.3. The van der Waals surface area contributed by atoms with Crippen LogP contribution >= 0.6 is 11.6 Å². The zero-order valence-corrected chi connectivity index (χ0v) is 20.3. The molecule has 1 aliphatic carbocycles. The van der Waals surface area contributed by atoms with E-state index >= 15 is 0 Å². The second-order valence-electron chi connectivity index (χ2n) is 9.14. The van der Waals surface area contributed by atoms with Crippen molar-refractivity contribution >= 4 is 29.1 Å². The molecule has 0 spiro atoms. The molecule has 1 aliphatic heterocycles. The molecule has 2 heterocycles. The number of alkyl halides is 3. The molecule has 0 bridgehead atoms. The quantitative estimate of drug-likeness (QED) is 0.319. The summed E-state index contributed by atoms with van der Waals surface area (Å²) in [5.74, 6) is 0.0587. The second kappa shape index (κ2) is 11.5. The average Bonchev–Trinajstić information content (AvgIpc) is 3.37. The number of nitro groups is 1. The van der Waals surface area contributed by atoms with Crippen LogP contribution < -0.4 is 15.4 Å². The maximum absolute atomic E-state index is 12.7. The zero-order valence-electron chi connectivity index (χ0n) is 19.6. The lowest BCUT2D eigenvalue weighted by Crippen LogP contribution is -2.37. The van der Waals surface area contributed by atoms with Gasteiger partial charge in [-0.15, -0.1) is 13.2 Å². The fraction of sp³-hybridized carbons (Fsp3) is 0.565. The molecule has 1 saturated carbocycles. The predicted molar refractivity (Wildman–Crippen MR) is 129 cm³/mol. The highest BCUT2D eigenvalue weighted by atomic mass is 35.5. The van der Waals surface area contributed by atoms with Crippen LogP contribution in [-0.4, -0.2) is 51.8 Å². The minimum Gasteiger partial charge on any atom is -0.405 e. The molecule has 0 amide bonds. The van der Waals surface area contributed by atoms with Crippen molar-refractivity contribution in [3.8, 4) is 5.75 Å². The van der Waals surface area contributed by atoms with Crippen LogP contribution in [0.15, 0.2) is 24.4 Å². The van der Waals surface area contributed by atoms with Crippen molar-refractivity contribution < 1.29 is 22.8 Å². The van der Waals surface area contributed by atoms with Gasteiger partial charge in [-0.25, -0.2) is 4.98 Å². The van der Waals surface area contributed by atoms with Crippen LogP contribution in [0.4, 0.5) is 30.6 Å². The van der Waals surface area contributed by atoms with Crippen LogP contribution in [0.1, 0.15) is 44.1 Å². The third kappa shape index (κ3) is 7.10. The Labute approximate surface area is 211 Å². The zero-order chi connectivity index (χ0) is 25.7. The highest BCUT2D eigenvalue weighted by molar-refractivity contribution is 6.30. The molecule has 1 aromatic carbocycles. The number of ether oxygens (including phenoxy) is 1. The van der Waals surface area contributed by atoms with E-state index in [1.807, 2.05) is 0 Å². The van der Waals surface area contributed by atoms with Crippen LogP contribution in [0.2, 0.25) is 5.02 Å². The predicted octanol–water partition coefficient (Wildman–Crippen LogP) is 5.62. The number of rotatable bonds is 9. The summed E-state index contributed by atoms with van der Waals surface area (Å²) in [6, 6.07) is 4.37.